The number of anilines is 1. The molecule has 0 aliphatic rings. The van der Waals surface area contributed by atoms with Crippen molar-refractivity contribution in [3.63, 3.8) is 0 Å². The molecule has 104 valence electrons. The highest BCUT2D eigenvalue weighted by molar-refractivity contribution is 6.06. The van der Waals surface area contributed by atoms with Crippen molar-refractivity contribution >= 4 is 28.1 Å². The Labute approximate surface area is 116 Å². The van der Waals surface area contributed by atoms with E-state index in [2.05, 4.69) is 5.32 Å². The summed E-state index contributed by atoms with van der Waals surface area (Å²) in [5.41, 5.74) is 1.31. The van der Waals surface area contributed by atoms with Gasteiger partial charge in [-0.1, -0.05) is 32.0 Å². The quantitative estimate of drug-likeness (QED) is 0.684. The third-order valence-corrected chi connectivity index (χ3v) is 3.08. The minimum atomic E-state index is -0.416. The molecule has 0 aliphatic heterocycles. The standard InChI is InChI=1S/C15H16N2O3/c1-9(2)15(18)16-12-6-4-5-11-7-10(3)8-13(14(11)12)17(19)20/h4-9H,1-3H3,(H,16,18). The zero-order valence-corrected chi connectivity index (χ0v) is 11.6. The highest BCUT2D eigenvalue weighted by Gasteiger charge is 2.18. The van der Waals surface area contributed by atoms with Crippen molar-refractivity contribution < 1.29 is 9.72 Å². The molecule has 0 saturated carbocycles. The number of amides is 1. The fourth-order valence-corrected chi connectivity index (χ4v) is 2.08. The summed E-state index contributed by atoms with van der Waals surface area (Å²) in [5, 5.41) is 15.2. The van der Waals surface area contributed by atoms with E-state index < -0.39 is 4.92 Å². The maximum Gasteiger partial charge on any atom is 0.279 e. The predicted molar refractivity (Wildman–Crippen MR) is 78.8 cm³/mol. The van der Waals surface area contributed by atoms with Crippen LogP contribution in [0, 0.1) is 23.0 Å². The van der Waals surface area contributed by atoms with Gasteiger partial charge in [0.05, 0.1) is 16.0 Å². The number of hydrogen-bond donors (Lipinski definition) is 1. The van der Waals surface area contributed by atoms with Gasteiger partial charge in [0.25, 0.3) is 5.69 Å². The van der Waals surface area contributed by atoms with Crippen molar-refractivity contribution in [3.8, 4) is 0 Å². The smallest absolute Gasteiger partial charge is 0.279 e. The van der Waals surface area contributed by atoms with Crippen molar-refractivity contribution in [1.29, 1.82) is 0 Å². The van der Waals surface area contributed by atoms with Gasteiger partial charge in [0.15, 0.2) is 0 Å². The number of benzene rings is 2. The van der Waals surface area contributed by atoms with Gasteiger partial charge >= 0.3 is 0 Å². The molecule has 20 heavy (non-hydrogen) atoms. The Hall–Kier alpha value is -2.43. The summed E-state index contributed by atoms with van der Waals surface area (Å²) in [7, 11) is 0. The summed E-state index contributed by atoms with van der Waals surface area (Å²) >= 11 is 0. The fourth-order valence-electron chi connectivity index (χ4n) is 2.08. The molecule has 5 heteroatoms. The molecule has 0 heterocycles. The second kappa shape index (κ2) is 5.28. The lowest BCUT2D eigenvalue weighted by Crippen LogP contribution is -2.18. The molecule has 2 rings (SSSR count). The number of nitro groups is 1. The van der Waals surface area contributed by atoms with E-state index in [1.54, 1.807) is 32.0 Å². The zero-order valence-electron chi connectivity index (χ0n) is 11.6. The van der Waals surface area contributed by atoms with Gasteiger partial charge in [0.1, 0.15) is 0 Å². The number of carbonyl (C=O) groups is 1. The first kappa shape index (κ1) is 14.0. The van der Waals surface area contributed by atoms with Crippen LogP contribution in [0.1, 0.15) is 19.4 Å². The van der Waals surface area contributed by atoms with E-state index in [-0.39, 0.29) is 17.5 Å². The number of nitrogens with zero attached hydrogens (tertiary/aromatic N) is 1. The lowest BCUT2D eigenvalue weighted by atomic mass is 10.0. The van der Waals surface area contributed by atoms with Crippen molar-refractivity contribution in [3.05, 3.63) is 46.0 Å². The summed E-state index contributed by atoms with van der Waals surface area (Å²) < 4.78 is 0. The first-order valence-electron chi connectivity index (χ1n) is 6.38. The third-order valence-electron chi connectivity index (χ3n) is 3.08. The lowest BCUT2D eigenvalue weighted by Gasteiger charge is -2.11. The monoisotopic (exact) mass is 272 g/mol. The molecule has 0 bridgehead atoms. The minimum absolute atomic E-state index is 0.0136. The molecular formula is C15H16N2O3. The number of non-ortho nitro benzene ring substituents is 1. The fraction of sp³-hybridized carbons (Fsp3) is 0.267. The van der Waals surface area contributed by atoms with Crippen molar-refractivity contribution in [1.82, 2.24) is 0 Å². The summed E-state index contributed by atoms with van der Waals surface area (Å²) in [6, 6.07) is 8.66. The van der Waals surface area contributed by atoms with E-state index in [1.165, 1.54) is 6.07 Å². The van der Waals surface area contributed by atoms with Gasteiger partial charge in [-0.3, -0.25) is 14.9 Å². The molecule has 0 aliphatic carbocycles. The van der Waals surface area contributed by atoms with Gasteiger partial charge in [-0.15, -0.1) is 0 Å². The topological polar surface area (TPSA) is 72.2 Å². The van der Waals surface area contributed by atoms with Gasteiger partial charge in [0, 0.05) is 12.0 Å². The molecule has 0 saturated heterocycles. The van der Waals surface area contributed by atoms with Crippen molar-refractivity contribution in [2.45, 2.75) is 20.8 Å². The van der Waals surface area contributed by atoms with Crippen LogP contribution in [0.25, 0.3) is 10.8 Å². The van der Waals surface area contributed by atoms with Gasteiger partial charge < -0.3 is 5.32 Å². The second-order valence-corrected chi connectivity index (χ2v) is 5.09. The molecule has 0 spiro atoms. The highest BCUT2D eigenvalue weighted by atomic mass is 16.6. The number of rotatable bonds is 3. The zero-order chi connectivity index (χ0) is 14.9. The van der Waals surface area contributed by atoms with Crippen LogP contribution in [0.4, 0.5) is 11.4 Å². The van der Waals surface area contributed by atoms with Crippen LogP contribution in [-0.4, -0.2) is 10.8 Å². The summed E-state index contributed by atoms with van der Waals surface area (Å²) in [5.74, 6) is -0.345. The maximum atomic E-state index is 11.8. The molecule has 0 unspecified atom stereocenters. The molecule has 5 nitrogen and oxygen atoms in total. The first-order valence-corrected chi connectivity index (χ1v) is 6.38. The number of carbonyl (C=O) groups excluding carboxylic acids is 1. The maximum absolute atomic E-state index is 11.8. The van der Waals surface area contributed by atoms with Crippen LogP contribution in [0.5, 0.6) is 0 Å². The Morgan fingerprint density at radius 1 is 1.30 bits per heavy atom. The number of nitro benzene ring substituents is 1. The molecule has 1 amide bonds. The van der Waals surface area contributed by atoms with Crippen LogP contribution in [0.15, 0.2) is 30.3 Å². The molecule has 2 aromatic rings. The molecule has 2 aromatic carbocycles. The molecule has 0 radical (unpaired) electrons. The number of hydrogen-bond acceptors (Lipinski definition) is 3. The normalized spacial score (nSPS) is 10.8. The van der Waals surface area contributed by atoms with E-state index in [0.717, 1.165) is 10.9 Å². The van der Waals surface area contributed by atoms with Gasteiger partial charge in [0.2, 0.25) is 5.91 Å². The minimum Gasteiger partial charge on any atom is -0.325 e. The average molecular weight is 272 g/mol. The molecular weight excluding hydrogens is 256 g/mol. The van der Waals surface area contributed by atoms with Gasteiger partial charge in [-0.05, 0) is 23.9 Å². The van der Waals surface area contributed by atoms with Crippen molar-refractivity contribution in [2.75, 3.05) is 5.32 Å². The summed E-state index contributed by atoms with van der Waals surface area (Å²) in [6.07, 6.45) is 0. The summed E-state index contributed by atoms with van der Waals surface area (Å²) in [6.45, 7) is 5.36. The third kappa shape index (κ3) is 2.61. The molecule has 0 atom stereocenters. The lowest BCUT2D eigenvalue weighted by molar-refractivity contribution is -0.383. The van der Waals surface area contributed by atoms with E-state index in [9.17, 15) is 14.9 Å². The largest absolute Gasteiger partial charge is 0.325 e. The Balaban J connectivity index is 2.66. The molecule has 0 fully saturated rings. The van der Waals surface area contributed by atoms with Crippen LogP contribution >= 0.6 is 0 Å². The van der Waals surface area contributed by atoms with Crippen LogP contribution in [-0.2, 0) is 4.79 Å². The SMILES string of the molecule is Cc1cc([N+](=O)[O-])c2c(NC(=O)C(C)C)cccc2c1. The Kier molecular flexibility index (Phi) is 3.70. The van der Waals surface area contributed by atoms with E-state index in [0.29, 0.717) is 11.1 Å². The molecule has 0 aromatic heterocycles. The average Bonchev–Trinajstić information content (AvgIpc) is 2.37. The first-order chi connectivity index (χ1) is 9.40. The van der Waals surface area contributed by atoms with Gasteiger partial charge in [-0.25, -0.2) is 0 Å². The number of nitrogens with one attached hydrogen (secondary N) is 1. The number of fused-ring (bicyclic) bond motifs is 1. The van der Waals surface area contributed by atoms with E-state index in [4.69, 9.17) is 0 Å². The van der Waals surface area contributed by atoms with E-state index >= 15 is 0 Å². The van der Waals surface area contributed by atoms with Crippen LogP contribution in [0.2, 0.25) is 0 Å². The van der Waals surface area contributed by atoms with Gasteiger partial charge in [-0.2, -0.15) is 0 Å². The number of aryl methyl sites for hydroxylation is 1. The van der Waals surface area contributed by atoms with Crippen LogP contribution in [0.3, 0.4) is 0 Å². The van der Waals surface area contributed by atoms with E-state index in [1.807, 2.05) is 13.0 Å². The second-order valence-electron chi connectivity index (χ2n) is 5.09. The molecule has 1 N–H and O–H groups in total. The summed E-state index contributed by atoms with van der Waals surface area (Å²) in [4.78, 5) is 22.6. The predicted octanol–water partition coefficient (Wildman–Crippen LogP) is 3.65. The Morgan fingerprint density at radius 2 is 2.00 bits per heavy atom. The Morgan fingerprint density at radius 3 is 2.60 bits per heavy atom. The highest BCUT2D eigenvalue weighted by Crippen LogP contribution is 2.33. The van der Waals surface area contributed by atoms with Crippen LogP contribution < -0.4 is 5.32 Å². The van der Waals surface area contributed by atoms with Crippen molar-refractivity contribution in [2.24, 2.45) is 5.92 Å². The Bertz CT molecular complexity index is 693.